The fourth-order valence-corrected chi connectivity index (χ4v) is 2.65. The van der Waals surface area contributed by atoms with Gasteiger partial charge in [0.05, 0.1) is 25.8 Å². The normalized spacial score (nSPS) is 18.8. The Morgan fingerprint density at radius 3 is 2.39 bits per heavy atom. The minimum Gasteiger partial charge on any atom is -0.496 e. The first-order valence-corrected chi connectivity index (χ1v) is 6.17. The van der Waals surface area contributed by atoms with Crippen LogP contribution in [-0.2, 0) is 4.79 Å². The van der Waals surface area contributed by atoms with Crippen molar-refractivity contribution in [1.29, 1.82) is 0 Å². The summed E-state index contributed by atoms with van der Waals surface area (Å²) in [6.07, 6.45) is 1.97. The maximum absolute atomic E-state index is 11.7. The van der Waals surface area contributed by atoms with Crippen molar-refractivity contribution in [3.05, 3.63) is 23.8 Å². The molecule has 4 nitrogen and oxygen atoms in total. The molecule has 1 aromatic rings. The molecule has 0 radical (unpaired) electrons. The molecule has 1 aliphatic heterocycles. The molecule has 1 saturated heterocycles. The van der Waals surface area contributed by atoms with Crippen molar-refractivity contribution in [2.24, 2.45) is 0 Å². The zero-order chi connectivity index (χ0) is 13.1. The molecule has 18 heavy (non-hydrogen) atoms. The van der Waals surface area contributed by atoms with Crippen molar-refractivity contribution in [2.75, 3.05) is 20.8 Å². The number of rotatable bonds is 3. The second kappa shape index (κ2) is 5.29. The molecule has 0 aliphatic carbocycles. The molecule has 1 heterocycles. The summed E-state index contributed by atoms with van der Waals surface area (Å²) < 4.78 is 10.8. The van der Waals surface area contributed by atoms with E-state index >= 15 is 0 Å². The van der Waals surface area contributed by atoms with E-state index in [1.807, 2.05) is 23.1 Å². The van der Waals surface area contributed by atoms with E-state index in [4.69, 9.17) is 9.47 Å². The molecule has 0 N–H and O–H groups in total. The summed E-state index contributed by atoms with van der Waals surface area (Å²) in [5.74, 6) is 1.67. The molecule has 0 bridgehead atoms. The van der Waals surface area contributed by atoms with Crippen molar-refractivity contribution >= 4 is 5.91 Å². The third-order valence-electron chi connectivity index (χ3n) is 3.46. The van der Waals surface area contributed by atoms with Crippen molar-refractivity contribution in [3.63, 3.8) is 0 Å². The molecular weight excluding hydrogens is 230 g/mol. The Hall–Kier alpha value is -1.71. The number of hydrogen-bond acceptors (Lipinski definition) is 3. The second-order valence-corrected chi connectivity index (χ2v) is 4.45. The van der Waals surface area contributed by atoms with Gasteiger partial charge in [0, 0.05) is 13.5 Å². The van der Waals surface area contributed by atoms with E-state index in [0.29, 0.717) is 0 Å². The molecule has 0 spiro atoms. The smallest absolute Gasteiger partial charge is 0.219 e. The highest BCUT2D eigenvalue weighted by atomic mass is 16.5. The van der Waals surface area contributed by atoms with Gasteiger partial charge in [-0.15, -0.1) is 0 Å². The molecule has 1 atom stereocenters. The molecule has 0 saturated carbocycles. The predicted molar refractivity (Wildman–Crippen MR) is 68.9 cm³/mol. The molecule has 1 fully saturated rings. The number of hydrogen-bond donors (Lipinski definition) is 0. The Bertz CT molecular complexity index is 422. The molecule has 2 rings (SSSR count). The molecule has 1 amide bonds. The van der Waals surface area contributed by atoms with Gasteiger partial charge < -0.3 is 14.4 Å². The number of likely N-dealkylation sites (tertiary alicyclic amines) is 1. The van der Waals surface area contributed by atoms with Gasteiger partial charge in [-0.25, -0.2) is 0 Å². The van der Waals surface area contributed by atoms with E-state index in [0.717, 1.165) is 36.4 Å². The predicted octanol–water partition coefficient (Wildman–Crippen LogP) is 2.39. The van der Waals surface area contributed by atoms with Crippen LogP contribution in [0.4, 0.5) is 0 Å². The summed E-state index contributed by atoms with van der Waals surface area (Å²) in [6.45, 7) is 2.42. The average molecular weight is 249 g/mol. The van der Waals surface area contributed by atoms with Crippen LogP contribution in [0.2, 0.25) is 0 Å². The topological polar surface area (TPSA) is 38.8 Å². The minimum atomic E-state index is 0.0635. The second-order valence-electron chi connectivity index (χ2n) is 4.45. The van der Waals surface area contributed by atoms with Crippen LogP contribution in [0.1, 0.15) is 31.4 Å². The lowest BCUT2D eigenvalue weighted by molar-refractivity contribution is -0.129. The summed E-state index contributed by atoms with van der Waals surface area (Å²) >= 11 is 0. The first-order chi connectivity index (χ1) is 8.69. The van der Waals surface area contributed by atoms with Crippen LogP contribution in [0.5, 0.6) is 11.5 Å². The van der Waals surface area contributed by atoms with Crippen LogP contribution < -0.4 is 9.47 Å². The fourth-order valence-electron chi connectivity index (χ4n) is 2.65. The lowest BCUT2D eigenvalue weighted by Gasteiger charge is -2.26. The molecule has 1 aromatic carbocycles. The highest BCUT2D eigenvalue weighted by Gasteiger charge is 2.32. The molecule has 4 heteroatoms. The summed E-state index contributed by atoms with van der Waals surface area (Å²) in [6, 6.07) is 5.78. The quantitative estimate of drug-likeness (QED) is 0.825. The summed E-state index contributed by atoms with van der Waals surface area (Å²) in [5.41, 5.74) is 0.982. The summed E-state index contributed by atoms with van der Waals surface area (Å²) in [4.78, 5) is 13.6. The van der Waals surface area contributed by atoms with Gasteiger partial charge in [-0.3, -0.25) is 4.79 Å². The van der Waals surface area contributed by atoms with E-state index in [9.17, 15) is 4.79 Å². The highest BCUT2D eigenvalue weighted by molar-refractivity contribution is 5.74. The van der Waals surface area contributed by atoms with Gasteiger partial charge in [0.25, 0.3) is 0 Å². The number of nitrogens with zero attached hydrogens (tertiary/aromatic N) is 1. The fraction of sp³-hybridized carbons (Fsp3) is 0.500. The van der Waals surface area contributed by atoms with Gasteiger partial charge in [-0.2, -0.15) is 0 Å². The Labute approximate surface area is 107 Å². The van der Waals surface area contributed by atoms with Crippen molar-refractivity contribution in [1.82, 2.24) is 4.90 Å². The maximum atomic E-state index is 11.7. The van der Waals surface area contributed by atoms with E-state index in [1.54, 1.807) is 21.1 Å². The zero-order valence-electron chi connectivity index (χ0n) is 11.1. The van der Waals surface area contributed by atoms with Gasteiger partial charge in [-0.1, -0.05) is 6.07 Å². The Morgan fingerprint density at radius 2 is 1.89 bits per heavy atom. The van der Waals surface area contributed by atoms with E-state index < -0.39 is 0 Å². The number of carbonyl (C=O) groups is 1. The Balaban J connectivity index is 2.45. The SMILES string of the molecule is COc1cccc(OC)c1C1CCCN1C(C)=O. The van der Waals surface area contributed by atoms with Gasteiger partial charge in [0.15, 0.2) is 0 Å². The van der Waals surface area contributed by atoms with Gasteiger partial charge in [-0.05, 0) is 25.0 Å². The number of methoxy groups -OCH3 is 2. The third kappa shape index (κ3) is 2.15. The first-order valence-electron chi connectivity index (χ1n) is 6.17. The molecule has 98 valence electrons. The molecule has 1 aliphatic rings. The Morgan fingerprint density at radius 1 is 1.28 bits per heavy atom. The van der Waals surface area contributed by atoms with Crippen LogP contribution >= 0.6 is 0 Å². The van der Waals surface area contributed by atoms with Crippen LogP contribution in [0.15, 0.2) is 18.2 Å². The maximum Gasteiger partial charge on any atom is 0.219 e. The summed E-state index contributed by atoms with van der Waals surface area (Å²) in [5, 5.41) is 0. The summed E-state index contributed by atoms with van der Waals surface area (Å²) in [7, 11) is 3.29. The van der Waals surface area contributed by atoms with Crippen LogP contribution in [-0.4, -0.2) is 31.6 Å². The molecule has 0 aromatic heterocycles. The van der Waals surface area contributed by atoms with Gasteiger partial charge in [0.2, 0.25) is 5.91 Å². The van der Waals surface area contributed by atoms with Crippen molar-refractivity contribution in [3.8, 4) is 11.5 Å². The van der Waals surface area contributed by atoms with Crippen molar-refractivity contribution in [2.45, 2.75) is 25.8 Å². The average Bonchev–Trinajstić information content (AvgIpc) is 2.86. The number of ether oxygens (including phenoxy) is 2. The largest absolute Gasteiger partial charge is 0.496 e. The number of amides is 1. The van der Waals surface area contributed by atoms with Crippen molar-refractivity contribution < 1.29 is 14.3 Å². The van der Waals surface area contributed by atoms with E-state index in [1.165, 1.54) is 0 Å². The highest BCUT2D eigenvalue weighted by Crippen LogP contribution is 2.42. The monoisotopic (exact) mass is 249 g/mol. The Kier molecular flexibility index (Phi) is 3.75. The van der Waals surface area contributed by atoms with Crippen LogP contribution in [0.3, 0.4) is 0 Å². The minimum absolute atomic E-state index is 0.0635. The standard InChI is InChI=1S/C14H19NO3/c1-10(16)15-9-5-6-11(15)14-12(17-2)7-4-8-13(14)18-3/h4,7-8,11H,5-6,9H2,1-3H3. The number of carbonyl (C=O) groups excluding carboxylic acids is 1. The molecular formula is C14H19NO3. The first kappa shape index (κ1) is 12.7. The zero-order valence-corrected chi connectivity index (χ0v) is 11.1. The van der Waals surface area contributed by atoms with Gasteiger partial charge in [0.1, 0.15) is 11.5 Å². The lowest BCUT2D eigenvalue weighted by atomic mass is 10.0. The van der Waals surface area contributed by atoms with Crippen LogP contribution in [0, 0.1) is 0 Å². The van der Waals surface area contributed by atoms with Crippen LogP contribution in [0.25, 0.3) is 0 Å². The van der Waals surface area contributed by atoms with E-state index in [2.05, 4.69) is 0 Å². The van der Waals surface area contributed by atoms with Gasteiger partial charge >= 0.3 is 0 Å². The number of benzene rings is 1. The lowest BCUT2D eigenvalue weighted by Crippen LogP contribution is -2.28. The molecule has 1 unspecified atom stereocenters. The third-order valence-corrected chi connectivity index (χ3v) is 3.46. The van der Waals surface area contributed by atoms with E-state index in [-0.39, 0.29) is 11.9 Å².